The summed E-state index contributed by atoms with van der Waals surface area (Å²) in [7, 11) is 0. The number of nitrogens with one attached hydrogen (secondary N) is 1. The van der Waals surface area contributed by atoms with Crippen LogP contribution in [0, 0.1) is 27.7 Å². The Bertz CT molecular complexity index is 1240. The van der Waals surface area contributed by atoms with E-state index >= 15 is 0 Å². The maximum Gasteiger partial charge on any atom is 0.254 e. The van der Waals surface area contributed by atoms with Gasteiger partial charge in [-0.1, -0.05) is 12.1 Å². The minimum absolute atomic E-state index is 0.156. The van der Waals surface area contributed by atoms with Gasteiger partial charge in [0.15, 0.2) is 5.13 Å². The Morgan fingerprint density at radius 1 is 1.14 bits per heavy atom. The normalized spacial score (nSPS) is 11.2. The van der Waals surface area contributed by atoms with E-state index in [0.29, 0.717) is 10.9 Å². The summed E-state index contributed by atoms with van der Waals surface area (Å²) in [5.41, 5.74) is 12.3. The van der Waals surface area contributed by atoms with E-state index in [1.54, 1.807) is 4.52 Å². The van der Waals surface area contributed by atoms with E-state index < -0.39 is 0 Å². The topological polar surface area (TPSA) is 111 Å². The zero-order chi connectivity index (χ0) is 20.7. The number of nitrogen functional groups attached to an aromatic ring is 1. The van der Waals surface area contributed by atoms with Crippen molar-refractivity contribution in [2.45, 2.75) is 34.1 Å². The number of thiazole rings is 1. The predicted octanol–water partition coefficient (Wildman–Crippen LogP) is 3.24. The van der Waals surface area contributed by atoms with Crippen LogP contribution in [0.5, 0.6) is 0 Å². The fourth-order valence-corrected chi connectivity index (χ4v) is 3.90. The molecule has 0 radical (unpaired) electrons. The molecule has 0 atom stereocenters. The van der Waals surface area contributed by atoms with E-state index in [-0.39, 0.29) is 18.3 Å². The van der Waals surface area contributed by atoms with Crippen molar-refractivity contribution in [3.63, 3.8) is 0 Å². The fraction of sp³-hybridized carbons (Fsp3) is 0.250. The van der Waals surface area contributed by atoms with Gasteiger partial charge in [0, 0.05) is 27.9 Å². The zero-order valence-corrected chi connectivity index (χ0v) is 17.5. The van der Waals surface area contributed by atoms with Crippen LogP contribution in [0.3, 0.4) is 0 Å². The van der Waals surface area contributed by atoms with E-state index in [2.05, 4.69) is 51.3 Å². The summed E-state index contributed by atoms with van der Waals surface area (Å²) in [6, 6.07) is 6.22. The molecule has 9 heteroatoms. The van der Waals surface area contributed by atoms with Gasteiger partial charge >= 0.3 is 0 Å². The molecule has 3 heterocycles. The van der Waals surface area contributed by atoms with Gasteiger partial charge in [-0.2, -0.15) is 9.50 Å². The van der Waals surface area contributed by atoms with Gasteiger partial charge in [0.1, 0.15) is 0 Å². The van der Waals surface area contributed by atoms with Crippen LogP contribution < -0.4 is 11.1 Å². The number of hydrogen-bond acceptors (Lipinski definition) is 7. The standard InChI is InChI=1S/C20H21N7OS/c1-10-5-6-14(7-11(10)2)16-9-29-20(23-16)24-17(28)8-15-12(3)22-19-25-18(21)26-27(19)13(15)4/h5-7,9H,8H2,1-4H3,(H2,21,26)(H,23,24,28). The number of aryl methyl sites for hydroxylation is 4. The Labute approximate surface area is 171 Å². The lowest BCUT2D eigenvalue weighted by Gasteiger charge is -2.09. The Kier molecular flexibility index (Phi) is 4.75. The first-order chi connectivity index (χ1) is 13.8. The number of benzene rings is 1. The molecule has 0 unspecified atom stereocenters. The van der Waals surface area contributed by atoms with Gasteiger partial charge in [-0.3, -0.25) is 4.79 Å². The fourth-order valence-electron chi connectivity index (χ4n) is 3.17. The molecule has 29 heavy (non-hydrogen) atoms. The van der Waals surface area contributed by atoms with E-state index in [0.717, 1.165) is 28.2 Å². The lowest BCUT2D eigenvalue weighted by molar-refractivity contribution is -0.115. The number of nitrogens with two attached hydrogens (primary N) is 1. The van der Waals surface area contributed by atoms with Gasteiger partial charge in [-0.25, -0.2) is 9.97 Å². The van der Waals surface area contributed by atoms with Crippen LogP contribution in [0.2, 0.25) is 0 Å². The van der Waals surface area contributed by atoms with Gasteiger partial charge in [0.05, 0.1) is 12.1 Å². The highest BCUT2D eigenvalue weighted by atomic mass is 32.1. The van der Waals surface area contributed by atoms with Crippen LogP contribution in [0.25, 0.3) is 17.0 Å². The third kappa shape index (κ3) is 3.68. The van der Waals surface area contributed by atoms with Gasteiger partial charge < -0.3 is 11.1 Å². The van der Waals surface area contributed by atoms with E-state index in [1.165, 1.54) is 22.5 Å². The molecule has 148 valence electrons. The first-order valence-electron chi connectivity index (χ1n) is 9.13. The minimum atomic E-state index is -0.161. The number of rotatable bonds is 4. The molecule has 3 N–H and O–H groups in total. The van der Waals surface area contributed by atoms with Crippen molar-refractivity contribution in [3.8, 4) is 11.3 Å². The van der Waals surface area contributed by atoms with Crippen molar-refractivity contribution in [2.24, 2.45) is 0 Å². The SMILES string of the molecule is Cc1ccc(-c2csc(NC(=O)Cc3c(C)nc4nc(N)nn4c3C)n2)cc1C. The van der Waals surface area contributed by atoms with Gasteiger partial charge in [-0.15, -0.1) is 16.4 Å². The third-order valence-electron chi connectivity index (χ3n) is 4.96. The molecule has 0 saturated heterocycles. The number of anilines is 2. The second kappa shape index (κ2) is 7.25. The molecule has 0 aliphatic carbocycles. The van der Waals surface area contributed by atoms with Crippen LogP contribution in [-0.2, 0) is 11.2 Å². The van der Waals surface area contributed by atoms with Crippen LogP contribution in [0.1, 0.15) is 28.1 Å². The van der Waals surface area contributed by atoms with Crippen molar-refractivity contribution in [1.82, 2.24) is 24.6 Å². The van der Waals surface area contributed by atoms with Crippen molar-refractivity contribution in [3.05, 3.63) is 51.7 Å². The molecule has 0 saturated carbocycles. The Hall–Kier alpha value is -3.33. The smallest absolute Gasteiger partial charge is 0.254 e. The van der Waals surface area contributed by atoms with Crippen LogP contribution >= 0.6 is 11.3 Å². The van der Waals surface area contributed by atoms with E-state index in [1.807, 2.05) is 25.3 Å². The Balaban J connectivity index is 1.53. The quantitative estimate of drug-likeness (QED) is 0.537. The van der Waals surface area contributed by atoms with Crippen molar-refractivity contribution in [1.29, 1.82) is 0 Å². The number of amides is 1. The van der Waals surface area contributed by atoms with Crippen LogP contribution in [0.4, 0.5) is 11.1 Å². The molecular weight excluding hydrogens is 386 g/mol. The van der Waals surface area contributed by atoms with Crippen molar-refractivity contribution in [2.75, 3.05) is 11.1 Å². The van der Waals surface area contributed by atoms with E-state index in [4.69, 9.17) is 5.73 Å². The lowest BCUT2D eigenvalue weighted by atomic mass is 10.1. The molecule has 0 bridgehead atoms. The van der Waals surface area contributed by atoms with Crippen LogP contribution in [-0.4, -0.2) is 30.5 Å². The second-order valence-electron chi connectivity index (χ2n) is 7.00. The number of fused-ring (bicyclic) bond motifs is 1. The number of aromatic nitrogens is 5. The summed E-state index contributed by atoms with van der Waals surface area (Å²) < 4.78 is 1.56. The summed E-state index contributed by atoms with van der Waals surface area (Å²) in [5, 5.41) is 9.53. The zero-order valence-electron chi connectivity index (χ0n) is 16.6. The predicted molar refractivity (Wildman–Crippen MR) is 114 cm³/mol. The second-order valence-corrected chi connectivity index (χ2v) is 7.86. The first-order valence-corrected chi connectivity index (χ1v) is 10.0. The molecule has 3 aromatic heterocycles. The molecule has 0 aliphatic rings. The Morgan fingerprint density at radius 2 is 1.93 bits per heavy atom. The maximum absolute atomic E-state index is 12.6. The molecule has 1 amide bonds. The number of carbonyl (C=O) groups excluding carboxylic acids is 1. The molecular formula is C20H21N7OS. The van der Waals surface area contributed by atoms with Crippen molar-refractivity contribution >= 4 is 34.1 Å². The highest BCUT2D eigenvalue weighted by Gasteiger charge is 2.16. The van der Waals surface area contributed by atoms with Gasteiger partial charge in [0.2, 0.25) is 11.9 Å². The maximum atomic E-state index is 12.6. The summed E-state index contributed by atoms with van der Waals surface area (Å²) in [6.07, 6.45) is 0.166. The van der Waals surface area contributed by atoms with Crippen LogP contribution in [0.15, 0.2) is 23.6 Å². The van der Waals surface area contributed by atoms with E-state index in [9.17, 15) is 4.79 Å². The monoisotopic (exact) mass is 407 g/mol. The average molecular weight is 408 g/mol. The molecule has 0 spiro atoms. The lowest BCUT2D eigenvalue weighted by Crippen LogP contribution is -2.17. The molecule has 0 aliphatic heterocycles. The molecule has 4 rings (SSSR count). The highest BCUT2D eigenvalue weighted by Crippen LogP contribution is 2.26. The number of carbonyl (C=O) groups is 1. The number of nitrogens with zero attached hydrogens (tertiary/aromatic N) is 5. The highest BCUT2D eigenvalue weighted by molar-refractivity contribution is 7.14. The summed E-state index contributed by atoms with van der Waals surface area (Å²) in [5.74, 6) is 0.425. The molecule has 0 fully saturated rings. The van der Waals surface area contributed by atoms with Gasteiger partial charge in [0.25, 0.3) is 5.78 Å². The number of hydrogen-bond donors (Lipinski definition) is 2. The first kappa shape index (κ1) is 19.0. The molecule has 8 nitrogen and oxygen atoms in total. The third-order valence-corrected chi connectivity index (χ3v) is 5.71. The molecule has 1 aromatic carbocycles. The average Bonchev–Trinajstić information content (AvgIpc) is 3.27. The summed E-state index contributed by atoms with van der Waals surface area (Å²) in [6.45, 7) is 7.88. The largest absolute Gasteiger partial charge is 0.366 e. The Morgan fingerprint density at radius 3 is 2.69 bits per heavy atom. The molecule has 4 aromatic rings. The summed E-state index contributed by atoms with van der Waals surface area (Å²) in [4.78, 5) is 25.7. The summed E-state index contributed by atoms with van der Waals surface area (Å²) >= 11 is 1.40. The van der Waals surface area contributed by atoms with Gasteiger partial charge in [-0.05, 0) is 44.9 Å². The minimum Gasteiger partial charge on any atom is -0.366 e. The van der Waals surface area contributed by atoms with Crippen molar-refractivity contribution < 1.29 is 4.79 Å².